The number of benzene rings is 2. The summed E-state index contributed by atoms with van der Waals surface area (Å²) in [4.78, 5) is 23.7. The van der Waals surface area contributed by atoms with Gasteiger partial charge in [0.1, 0.15) is 6.07 Å². The largest absolute Gasteiger partial charge is 0.317 e. The second kappa shape index (κ2) is 6.94. The van der Waals surface area contributed by atoms with Crippen molar-refractivity contribution in [2.24, 2.45) is 0 Å². The summed E-state index contributed by atoms with van der Waals surface area (Å²) >= 11 is 11.7. The molecule has 2 aromatic carbocycles. The van der Waals surface area contributed by atoms with Crippen LogP contribution in [0.5, 0.6) is 0 Å². The van der Waals surface area contributed by atoms with E-state index in [0.29, 0.717) is 5.02 Å². The number of halogens is 2. The van der Waals surface area contributed by atoms with Gasteiger partial charge in [-0.2, -0.15) is 5.26 Å². The van der Waals surface area contributed by atoms with Gasteiger partial charge in [0.25, 0.3) is 0 Å². The fraction of sp³-hybridized carbons (Fsp3) is 0. The summed E-state index contributed by atoms with van der Waals surface area (Å²) in [5, 5.41) is 14.3. The first-order valence-electron chi connectivity index (χ1n) is 6.08. The van der Waals surface area contributed by atoms with Crippen LogP contribution in [0.4, 0.5) is 11.4 Å². The molecular weight excluding hydrogens is 325 g/mol. The summed E-state index contributed by atoms with van der Waals surface area (Å²) in [5.74, 6) is -1.84. The van der Waals surface area contributed by atoms with Gasteiger partial charge in [0.15, 0.2) is 0 Å². The molecule has 22 heavy (non-hydrogen) atoms. The number of amides is 2. The Hall–Kier alpha value is -2.55. The highest BCUT2D eigenvalue weighted by Gasteiger charge is 2.16. The fourth-order valence-electron chi connectivity index (χ4n) is 1.64. The lowest BCUT2D eigenvalue weighted by molar-refractivity contribution is -0.132. The van der Waals surface area contributed by atoms with Gasteiger partial charge in [-0.25, -0.2) is 0 Å². The number of para-hydroxylation sites is 1. The minimum Gasteiger partial charge on any atom is -0.317 e. The third-order valence-corrected chi connectivity index (χ3v) is 3.24. The molecule has 2 amide bonds. The van der Waals surface area contributed by atoms with Gasteiger partial charge < -0.3 is 10.6 Å². The molecule has 0 aliphatic heterocycles. The van der Waals surface area contributed by atoms with Crippen molar-refractivity contribution in [3.63, 3.8) is 0 Å². The predicted octanol–water partition coefficient (Wildman–Crippen LogP) is 3.44. The van der Waals surface area contributed by atoms with E-state index in [1.807, 2.05) is 6.07 Å². The van der Waals surface area contributed by atoms with Crippen molar-refractivity contribution in [1.29, 1.82) is 5.26 Å². The average molecular weight is 334 g/mol. The molecule has 0 spiro atoms. The number of carbonyl (C=O) groups excluding carboxylic acids is 2. The second-order valence-corrected chi connectivity index (χ2v) is 5.03. The molecule has 0 saturated carbocycles. The molecule has 0 atom stereocenters. The number of nitriles is 1. The number of hydrogen-bond acceptors (Lipinski definition) is 3. The minimum absolute atomic E-state index is 0.225. The molecule has 0 aliphatic carbocycles. The van der Waals surface area contributed by atoms with Gasteiger partial charge in [0, 0.05) is 5.02 Å². The second-order valence-electron chi connectivity index (χ2n) is 4.19. The number of rotatable bonds is 2. The summed E-state index contributed by atoms with van der Waals surface area (Å²) in [6.07, 6.45) is 0. The third-order valence-electron chi connectivity index (χ3n) is 2.68. The van der Waals surface area contributed by atoms with Crippen molar-refractivity contribution in [1.82, 2.24) is 0 Å². The molecule has 0 unspecified atom stereocenters. The normalized spacial score (nSPS) is 9.68. The monoisotopic (exact) mass is 333 g/mol. The van der Waals surface area contributed by atoms with Crippen molar-refractivity contribution in [3.05, 3.63) is 58.1 Å². The predicted molar refractivity (Wildman–Crippen MR) is 84.9 cm³/mol. The lowest BCUT2D eigenvalue weighted by Gasteiger charge is -2.09. The summed E-state index contributed by atoms with van der Waals surface area (Å²) in [6.45, 7) is 0. The van der Waals surface area contributed by atoms with Crippen LogP contribution in [0.1, 0.15) is 5.56 Å². The molecule has 2 N–H and O–H groups in total. The maximum atomic E-state index is 11.9. The topological polar surface area (TPSA) is 82.0 Å². The molecule has 0 saturated heterocycles. The summed E-state index contributed by atoms with van der Waals surface area (Å²) in [5.41, 5.74) is 0.731. The van der Waals surface area contributed by atoms with Gasteiger partial charge in [-0.3, -0.25) is 9.59 Å². The van der Waals surface area contributed by atoms with E-state index in [2.05, 4.69) is 10.6 Å². The van der Waals surface area contributed by atoms with E-state index in [1.165, 1.54) is 24.3 Å². The summed E-state index contributed by atoms with van der Waals surface area (Å²) in [6, 6.07) is 12.8. The van der Waals surface area contributed by atoms with Crippen LogP contribution in [-0.4, -0.2) is 11.8 Å². The molecule has 0 heterocycles. The van der Waals surface area contributed by atoms with Gasteiger partial charge in [0.05, 0.1) is 22.0 Å². The smallest absolute Gasteiger partial charge is 0.314 e. The van der Waals surface area contributed by atoms with E-state index < -0.39 is 11.8 Å². The number of nitrogens with zero attached hydrogens (tertiary/aromatic N) is 1. The first-order chi connectivity index (χ1) is 10.5. The van der Waals surface area contributed by atoms with E-state index in [9.17, 15) is 9.59 Å². The van der Waals surface area contributed by atoms with E-state index >= 15 is 0 Å². The lowest BCUT2D eigenvalue weighted by atomic mass is 10.2. The molecule has 0 bridgehead atoms. The number of anilines is 2. The molecular formula is C15H9Cl2N3O2. The van der Waals surface area contributed by atoms with Crippen LogP contribution in [0.25, 0.3) is 0 Å². The molecule has 0 aromatic heterocycles. The lowest BCUT2D eigenvalue weighted by Crippen LogP contribution is -2.29. The minimum atomic E-state index is -0.920. The Balaban J connectivity index is 2.12. The molecule has 5 nitrogen and oxygen atoms in total. The molecule has 0 aliphatic rings. The Morgan fingerprint density at radius 3 is 2.27 bits per heavy atom. The Morgan fingerprint density at radius 2 is 1.59 bits per heavy atom. The van der Waals surface area contributed by atoms with E-state index in [1.54, 1.807) is 18.2 Å². The number of carbonyl (C=O) groups is 2. The van der Waals surface area contributed by atoms with E-state index in [-0.39, 0.29) is 22.0 Å². The Labute approximate surface area is 136 Å². The Kier molecular flexibility index (Phi) is 4.99. The van der Waals surface area contributed by atoms with Crippen LogP contribution in [0.15, 0.2) is 42.5 Å². The Bertz CT molecular complexity index is 785. The van der Waals surface area contributed by atoms with E-state index in [4.69, 9.17) is 28.5 Å². The standard InChI is InChI=1S/C15H9Cl2N3O2/c16-10-5-6-11(17)13(7-10)20-15(22)14(21)19-12-4-2-1-3-9(12)8-18/h1-7H,(H,19,21)(H,20,22). The van der Waals surface area contributed by atoms with Crippen molar-refractivity contribution >= 4 is 46.4 Å². The van der Waals surface area contributed by atoms with Crippen molar-refractivity contribution in [3.8, 4) is 6.07 Å². The molecule has 0 fully saturated rings. The summed E-state index contributed by atoms with van der Waals surface area (Å²) in [7, 11) is 0. The fourth-order valence-corrected chi connectivity index (χ4v) is 1.98. The molecule has 2 rings (SSSR count). The zero-order valence-electron chi connectivity index (χ0n) is 11.1. The van der Waals surface area contributed by atoms with E-state index in [0.717, 1.165) is 0 Å². The first kappa shape index (κ1) is 15.8. The third kappa shape index (κ3) is 3.76. The molecule has 110 valence electrons. The van der Waals surface area contributed by atoms with Gasteiger partial charge in [-0.15, -0.1) is 0 Å². The van der Waals surface area contributed by atoms with Gasteiger partial charge >= 0.3 is 11.8 Å². The molecule has 7 heteroatoms. The zero-order valence-corrected chi connectivity index (χ0v) is 12.6. The quantitative estimate of drug-likeness (QED) is 0.826. The SMILES string of the molecule is N#Cc1ccccc1NC(=O)C(=O)Nc1cc(Cl)ccc1Cl. The van der Waals surface area contributed by atoms with Crippen LogP contribution in [0, 0.1) is 11.3 Å². The average Bonchev–Trinajstić information content (AvgIpc) is 2.51. The highest BCUT2D eigenvalue weighted by molar-refractivity contribution is 6.45. The summed E-state index contributed by atoms with van der Waals surface area (Å²) < 4.78 is 0. The highest BCUT2D eigenvalue weighted by Crippen LogP contribution is 2.25. The van der Waals surface area contributed by atoms with Gasteiger partial charge in [-0.05, 0) is 30.3 Å². The van der Waals surface area contributed by atoms with Crippen LogP contribution < -0.4 is 10.6 Å². The number of hydrogen-bond donors (Lipinski definition) is 2. The van der Waals surface area contributed by atoms with Crippen LogP contribution in [0.3, 0.4) is 0 Å². The van der Waals surface area contributed by atoms with Crippen LogP contribution >= 0.6 is 23.2 Å². The molecule has 2 aromatic rings. The first-order valence-corrected chi connectivity index (χ1v) is 6.83. The van der Waals surface area contributed by atoms with Crippen molar-refractivity contribution < 1.29 is 9.59 Å². The van der Waals surface area contributed by atoms with Gasteiger partial charge in [0.2, 0.25) is 0 Å². The number of nitrogens with one attached hydrogen (secondary N) is 2. The highest BCUT2D eigenvalue weighted by atomic mass is 35.5. The zero-order chi connectivity index (χ0) is 16.1. The Morgan fingerprint density at radius 1 is 0.955 bits per heavy atom. The van der Waals surface area contributed by atoms with Crippen molar-refractivity contribution in [2.75, 3.05) is 10.6 Å². The van der Waals surface area contributed by atoms with Gasteiger partial charge in [-0.1, -0.05) is 35.3 Å². The van der Waals surface area contributed by atoms with Crippen molar-refractivity contribution in [2.45, 2.75) is 0 Å². The molecule has 0 radical (unpaired) electrons. The maximum absolute atomic E-state index is 11.9. The van der Waals surface area contributed by atoms with Crippen LogP contribution in [-0.2, 0) is 9.59 Å². The van der Waals surface area contributed by atoms with Crippen LogP contribution in [0.2, 0.25) is 10.0 Å². The maximum Gasteiger partial charge on any atom is 0.314 e.